The zero-order valence-corrected chi connectivity index (χ0v) is 18.2. The van der Waals surface area contributed by atoms with Crippen LogP contribution in [0.4, 0.5) is 0 Å². The van der Waals surface area contributed by atoms with Crippen LogP contribution in [0, 0.1) is 0 Å². The number of guanidine groups is 1. The van der Waals surface area contributed by atoms with Crippen molar-refractivity contribution < 1.29 is 8.42 Å². The summed E-state index contributed by atoms with van der Waals surface area (Å²) in [5.74, 6) is 1.03. The number of hydrogen-bond acceptors (Lipinski definition) is 4. The second-order valence-corrected chi connectivity index (χ2v) is 9.78. The van der Waals surface area contributed by atoms with Gasteiger partial charge in [0.1, 0.15) is 0 Å². The van der Waals surface area contributed by atoms with E-state index in [9.17, 15) is 8.42 Å². The molecule has 0 aromatic heterocycles. The fraction of sp³-hybridized carbons (Fsp3) is 0.667. The van der Waals surface area contributed by atoms with Gasteiger partial charge in [-0.2, -0.15) is 0 Å². The maximum absolute atomic E-state index is 12.2. The lowest BCUT2D eigenvalue weighted by Crippen LogP contribution is -2.41. The van der Waals surface area contributed by atoms with Crippen LogP contribution in [0.3, 0.4) is 0 Å². The Morgan fingerprint density at radius 1 is 1.14 bits per heavy atom. The Balaban J connectivity index is 1.59. The van der Waals surface area contributed by atoms with E-state index in [1.165, 1.54) is 25.8 Å². The van der Waals surface area contributed by atoms with Crippen LogP contribution in [0.5, 0.6) is 0 Å². The van der Waals surface area contributed by atoms with E-state index in [0.29, 0.717) is 19.0 Å². The van der Waals surface area contributed by atoms with Gasteiger partial charge in [0.15, 0.2) is 15.8 Å². The Morgan fingerprint density at radius 3 is 2.54 bits per heavy atom. The van der Waals surface area contributed by atoms with Crippen LogP contribution in [0.1, 0.15) is 44.6 Å². The van der Waals surface area contributed by atoms with Crippen molar-refractivity contribution in [2.24, 2.45) is 4.99 Å². The summed E-state index contributed by atoms with van der Waals surface area (Å²) >= 11 is 0. The molecule has 7 heteroatoms. The lowest BCUT2D eigenvalue weighted by atomic mass is 10.0. The van der Waals surface area contributed by atoms with Crippen LogP contribution in [-0.4, -0.2) is 64.3 Å². The predicted molar refractivity (Wildman–Crippen MR) is 117 cm³/mol. The highest BCUT2D eigenvalue weighted by atomic mass is 32.2. The van der Waals surface area contributed by atoms with Crippen LogP contribution in [-0.2, 0) is 15.6 Å². The van der Waals surface area contributed by atoms with Gasteiger partial charge in [-0.1, -0.05) is 36.8 Å². The Kier molecular flexibility index (Phi) is 9.78. The monoisotopic (exact) mass is 408 g/mol. The van der Waals surface area contributed by atoms with Crippen LogP contribution < -0.4 is 10.6 Å². The number of benzene rings is 1. The molecule has 0 amide bonds. The van der Waals surface area contributed by atoms with Crippen LogP contribution in [0.25, 0.3) is 0 Å². The minimum atomic E-state index is -3.08. The van der Waals surface area contributed by atoms with E-state index >= 15 is 0 Å². The molecule has 0 bridgehead atoms. The fourth-order valence-corrected chi connectivity index (χ4v) is 5.03. The first-order valence-electron chi connectivity index (χ1n) is 10.4. The minimum Gasteiger partial charge on any atom is -0.356 e. The van der Waals surface area contributed by atoms with Gasteiger partial charge in [-0.15, -0.1) is 0 Å². The molecule has 1 heterocycles. The number of hydrogen-bond donors (Lipinski definition) is 2. The molecule has 2 rings (SSSR count). The number of likely N-dealkylation sites (tertiary alicyclic amines) is 1. The van der Waals surface area contributed by atoms with Gasteiger partial charge in [0.25, 0.3) is 0 Å². The summed E-state index contributed by atoms with van der Waals surface area (Å²) in [5, 5.41) is 6.54. The molecule has 0 radical (unpaired) electrons. The molecular formula is C21H36N4O2S. The smallest absolute Gasteiger partial charge is 0.190 e. The molecule has 158 valence electrons. The minimum absolute atomic E-state index is 0.107. The van der Waals surface area contributed by atoms with Crippen LogP contribution in [0.2, 0.25) is 0 Å². The second kappa shape index (κ2) is 12.1. The van der Waals surface area contributed by atoms with Gasteiger partial charge in [0, 0.05) is 32.7 Å². The molecule has 2 N–H and O–H groups in total. The van der Waals surface area contributed by atoms with Gasteiger partial charge in [-0.3, -0.25) is 4.99 Å². The summed E-state index contributed by atoms with van der Waals surface area (Å²) in [6, 6.07) is 10.0. The van der Waals surface area contributed by atoms with Gasteiger partial charge in [0.05, 0.1) is 11.5 Å². The Labute approximate surface area is 170 Å². The fourth-order valence-electron chi connectivity index (χ4n) is 3.60. The highest BCUT2D eigenvalue weighted by Gasteiger charge is 2.17. The zero-order valence-electron chi connectivity index (χ0n) is 17.4. The molecule has 1 fully saturated rings. The summed E-state index contributed by atoms with van der Waals surface area (Å²) in [6.07, 6.45) is 5.63. The Hall–Kier alpha value is -1.60. The Morgan fingerprint density at radius 2 is 1.86 bits per heavy atom. The van der Waals surface area contributed by atoms with Gasteiger partial charge < -0.3 is 15.5 Å². The highest BCUT2D eigenvalue weighted by Crippen LogP contribution is 2.16. The van der Waals surface area contributed by atoms with Crippen molar-refractivity contribution in [3.05, 3.63) is 35.9 Å². The maximum Gasteiger partial charge on any atom is 0.190 e. The van der Waals surface area contributed by atoms with Gasteiger partial charge in [0.2, 0.25) is 0 Å². The second-order valence-electron chi connectivity index (χ2n) is 7.59. The van der Waals surface area contributed by atoms with Gasteiger partial charge in [-0.05, 0) is 44.7 Å². The molecule has 1 unspecified atom stereocenters. The number of sulfone groups is 1. The summed E-state index contributed by atoms with van der Waals surface area (Å²) in [4.78, 5) is 6.79. The van der Waals surface area contributed by atoms with E-state index in [1.54, 1.807) is 7.05 Å². The van der Waals surface area contributed by atoms with Gasteiger partial charge >= 0.3 is 0 Å². The van der Waals surface area contributed by atoms with E-state index < -0.39 is 9.84 Å². The zero-order chi connectivity index (χ0) is 20.2. The summed E-state index contributed by atoms with van der Waals surface area (Å²) < 4.78 is 24.4. The third-order valence-electron chi connectivity index (χ3n) is 5.23. The number of aliphatic imine (C=N–C) groups is 1. The highest BCUT2D eigenvalue weighted by molar-refractivity contribution is 7.90. The molecule has 1 aliphatic rings. The molecule has 1 saturated heterocycles. The topological polar surface area (TPSA) is 73.8 Å². The number of rotatable bonds is 10. The molecule has 28 heavy (non-hydrogen) atoms. The van der Waals surface area contributed by atoms with Crippen molar-refractivity contribution in [3.63, 3.8) is 0 Å². The summed E-state index contributed by atoms with van der Waals surface area (Å²) in [5.41, 5.74) is 0.843. The van der Waals surface area contributed by atoms with Gasteiger partial charge in [-0.25, -0.2) is 8.42 Å². The molecule has 1 aliphatic heterocycles. The summed E-state index contributed by atoms with van der Waals surface area (Å²) in [6.45, 7) is 6.11. The SMILES string of the molecule is CN=C(NCCCN1CCCCC1C)NCCCS(=O)(=O)Cc1ccccc1. The number of nitrogens with zero attached hydrogens (tertiary/aromatic N) is 2. The van der Waals surface area contributed by atoms with Crippen molar-refractivity contribution >= 4 is 15.8 Å². The summed E-state index contributed by atoms with van der Waals surface area (Å²) in [7, 11) is -1.34. The largest absolute Gasteiger partial charge is 0.356 e. The quantitative estimate of drug-likeness (QED) is 0.353. The molecule has 0 spiro atoms. The molecule has 1 atom stereocenters. The van der Waals surface area contributed by atoms with E-state index in [-0.39, 0.29) is 11.5 Å². The van der Waals surface area contributed by atoms with Crippen molar-refractivity contribution in [2.45, 2.75) is 50.8 Å². The van der Waals surface area contributed by atoms with Crippen LogP contribution in [0.15, 0.2) is 35.3 Å². The van der Waals surface area contributed by atoms with Crippen molar-refractivity contribution in [1.82, 2.24) is 15.5 Å². The average molecular weight is 409 g/mol. The van der Waals surface area contributed by atoms with Crippen LogP contribution >= 0.6 is 0 Å². The van der Waals surface area contributed by atoms with E-state index in [0.717, 1.165) is 31.0 Å². The van der Waals surface area contributed by atoms with E-state index in [2.05, 4.69) is 27.4 Å². The van der Waals surface area contributed by atoms with Crippen molar-refractivity contribution in [1.29, 1.82) is 0 Å². The molecule has 1 aromatic carbocycles. The molecule has 0 saturated carbocycles. The van der Waals surface area contributed by atoms with Crippen molar-refractivity contribution in [3.8, 4) is 0 Å². The number of piperidine rings is 1. The predicted octanol–water partition coefficient (Wildman–Crippen LogP) is 2.42. The third kappa shape index (κ3) is 8.61. The third-order valence-corrected chi connectivity index (χ3v) is 6.92. The normalized spacial score (nSPS) is 18.8. The van der Waals surface area contributed by atoms with E-state index in [4.69, 9.17) is 0 Å². The lowest BCUT2D eigenvalue weighted by molar-refractivity contribution is 0.159. The molecule has 1 aromatic rings. The molecular weight excluding hydrogens is 372 g/mol. The standard InChI is InChI=1S/C21H36N4O2S/c1-19-10-6-7-15-25(19)16-8-13-23-21(22-2)24-14-9-17-28(26,27)18-20-11-4-3-5-12-20/h3-5,11-12,19H,6-10,13-18H2,1-2H3,(H2,22,23,24). The molecule has 6 nitrogen and oxygen atoms in total. The first-order valence-corrected chi connectivity index (χ1v) is 12.3. The van der Waals surface area contributed by atoms with E-state index in [1.807, 2.05) is 30.3 Å². The maximum atomic E-state index is 12.2. The number of nitrogens with one attached hydrogen (secondary N) is 2. The molecule has 0 aliphatic carbocycles. The Bertz CT molecular complexity index is 692. The average Bonchev–Trinajstić information content (AvgIpc) is 2.68. The lowest BCUT2D eigenvalue weighted by Gasteiger charge is -2.33. The first kappa shape index (κ1) is 22.7. The first-order chi connectivity index (χ1) is 13.5. The van der Waals surface area contributed by atoms with Crippen molar-refractivity contribution in [2.75, 3.05) is 39.0 Å².